The summed E-state index contributed by atoms with van der Waals surface area (Å²) in [6, 6.07) is 34.0. The fraction of sp³-hybridized carbons (Fsp3) is 0.257. The van der Waals surface area contributed by atoms with Crippen molar-refractivity contribution in [3.8, 4) is 0 Å². The molecule has 0 saturated heterocycles. The van der Waals surface area contributed by atoms with E-state index in [1.807, 2.05) is 48.5 Å². The smallest absolute Gasteiger partial charge is 0.338 e. The number of rotatable bonds is 7. The number of ether oxygens (including phenoxy) is 3. The average molecular weight is 533 g/mol. The summed E-state index contributed by atoms with van der Waals surface area (Å²) in [4.78, 5) is 27.3. The number of carbonyl (C=O) groups is 2. The predicted molar refractivity (Wildman–Crippen MR) is 152 cm³/mol. The van der Waals surface area contributed by atoms with Crippen molar-refractivity contribution in [2.45, 2.75) is 44.0 Å². The molecule has 0 radical (unpaired) electrons. The van der Waals surface area contributed by atoms with Gasteiger partial charge in [-0.2, -0.15) is 0 Å². The number of esters is 2. The van der Waals surface area contributed by atoms with Crippen LogP contribution in [0.4, 0.5) is 0 Å². The van der Waals surface area contributed by atoms with Gasteiger partial charge in [0.1, 0.15) is 0 Å². The molecule has 5 nitrogen and oxygen atoms in total. The van der Waals surface area contributed by atoms with Crippen LogP contribution in [-0.4, -0.2) is 30.8 Å². The van der Waals surface area contributed by atoms with Gasteiger partial charge in [-0.15, -0.1) is 0 Å². The van der Waals surface area contributed by atoms with Crippen molar-refractivity contribution < 1.29 is 23.8 Å². The highest BCUT2D eigenvalue weighted by atomic mass is 16.6. The molecule has 3 aliphatic carbocycles. The van der Waals surface area contributed by atoms with E-state index in [-0.39, 0.29) is 5.92 Å². The van der Waals surface area contributed by atoms with Crippen LogP contribution in [0.1, 0.15) is 63.7 Å². The molecular formula is C35H32O5. The molecule has 2 atom stereocenters. The Morgan fingerprint density at radius 3 is 1.48 bits per heavy atom. The third-order valence-corrected chi connectivity index (χ3v) is 8.15. The molecule has 4 aromatic rings. The molecular weight excluding hydrogens is 500 g/mol. The van der Waals surface area contributed by atoms with Crippen LogP contribution in [0.2, 0.25) is 0 Å². The zero-order chi connectivity index (χ0) is 27.9. The molecule has 0 fully saturated rings. The van der Waals surface area contributed by atoms with E-state index in [0.717, 1.165) is 22.3 Å². The Kier molecular flexibility index (Phi) is 6.55. The molecule has 202 valence electrons. The summed E-state index contributed by atoms with van der Waals surface area (Å²) in [5.41, 5.74) is 2.71. The van der Waals surface area contributed by atoms with Gasteiger partial charge in [0, 0.05) is 0 Å². The summed E-state index contributed by atoms with van der Waals surface area (Å²) in [5, 5.41) is 0. The highest BCUT2D eigenvalue weighted by Gasteiger charge is 2.68. The summed E-state index contributed by atoms with van der Waals surface area (Å²) in [6.45, 7) is 6.66. The Hall–Kier alpha value is -4.22. The van der Waals surface area contributed by atoms with Gasteiger partial charge >= 0.3 is 11.9 Å². The summed E-state index contributed by atoms with van der Waals surface area (Å²) in [6.07, 6.45) is -1.80. The molecule has 2 unspecified atom stereocenters. The number of hydrogen-bond acceptors (Lipinski definition) is 5. The van der Waals surface area contributed by atoms with E-state index in [0.29, 0.717) is 17.7 Å². The molecule has 0 aliphatic heterocycles. The van der Waals surface area contributed by atoms with Gasteiger partial charge in [-0.3, -0.25) is 0 Å². The van der Waals surface area contributed by atoms with Crippen LogP contribution in [0.15, 0.2) is 109 Å². The highest BCUT2D eigenvalue weighted by molar-refractivity contribution is 5.91. The normalized spacial score (nSPS) is 24.2. The van der Waals surface area contributed by atoms with E-state index in [2.05, 4.69) is 32.9 Å². The van der Waals surface area contributed by atoms with Gasteiger partial charge < -0.3 is 14.2 Å². The van der Waals surface area contributed by atoms with Crippen LogP contribution in [0.5, 0.6) is 0 Å². The van der Waals surface area contributed by atoms with Crippen LogP contribution >= 0.6 is 0 Å². The summed E-state index contributed by atoms with van der Waals surface area (Å²) in [5.74, 6) is -0.765. The predicted octanol–water partition coefficient (Wildman–Crippen LogP) is 6.69. The summed E-state index contributed by atoms with van der Waals surface area (Å²) >= 11 is 0. The maximum Gasteiger partial charge on any atom is 0.338 e. The molecule has 7 rings (SSSR count). The largest absolute Gasteiger partial charge is 0.453 e. The first kappa shape index (κ1) is 26.0. The second-order valence-corrected chi connectivity index (χ2v) is 11.1. The van der Waals surface area contributed by atoms with Gasteiger partial charge in [0.15, 0.2) is 17.8 Å². The molecule has 40 heavy (non-hydrogen) atoms. The van der Waals surface area contributed by atoms with Crippen molar-refractivity contribution in [2.75, 3.05) is 6.61 Å². The van der Waals surface area contributed by atoms with Gasteiger partial charge in [0.2, 0.25) is 0 Å². The zero-order valence-corrected chi connectivity index (χ0v) is 22.9. The number of carbonyl (C=O) groups excluding carboxylic acids is 2. The van der Waals surface area contributed by atoms with Crippen molar-refractivity contribution in [2.24, 2.45) is 5.92 Å². The van der Waals surface area contributed by atoms with Crippen LogP contribution in [0.3, 0.4) is 0 Å². The fourth-order valence-electron chi connectivity index (χ4n) is 6.31. The molecule has 0 heterocycles. The minimum Gasteiger partial charge on any atom is -0.453 e. The van der Waals surface area contributed by atoms with Crippen molar-refractivity contribution >= 4 is 11.9 Å². The standard InChI is InChI=1S/C35H32O5/c1-23(2)22-38-35-28-20-12-10-18-26(28)34(3,27-19-11-13-21-29(27)35)30(39-32(36)24-14-6-4-7-15-24)31(35)40-33(37)25-16-8-5-9-17-25/h4-21,23,30-31H,22H2,1-3H3/t30?,31?,34-,35-. The lowest BCUT2D eigenvalue weighted by Gasteiger charge is -2.60. The van der Waals surface area contributed by atoms with Gasteiger partial charge in [-0.05, 0) is 59.4 Å². The molecule has 0 saturated carbocycles. The van der Waals surface area contributed by atoms with Gasteiger partial charge in [-0.25, -0.2) is 9.59 Å². The average Bonchev–Trinajstić information content (AvgIpc) is 2.99. The number of benzene rings is 4. The van der Waals surface area contributed by atoms with Crippen molar-refractivity contribution in [3.05, 3.63) is 143 Å². The number of fused-ring (bicyclic) bond motifs is 1. The van der Waals surface area contributed by atoms with Crippen molar-refractivity contribution in [3.63, 3.8) is 0 Å². The van der Waals surface area contributed by atoms with E-state index in [4.69, 9.17) is 14.2 Å². The monoisotopic (exact) mass is 532 g/mol. The number of hydrogen-bond donors (Lipinski definition) is 0. The SMILES string of the molecule is CC(C)CO[C@]12c3ccccc3[C@](C)(c3ccccc31)C(OC(=O)c1ccccc1)C2OC(=O)c1ccccc1. The molecule has 0 aromatic heterocycles. The van der Waals surface area contributed by atoms with Crippen molar-refractivity contribution in [1.29, 1.82) is 0 Å². The second-order valence-electron chi connectivity index (χ2n) is 11.1. The van der Waals surface area contributed by atoms with E-state index in [1.165, 1.54) is 0 Å². The van der Waals surface area contributed by atoms with E-state index in [1.54, 1.807) is 48.5 Å². The first-order valence-electron chi connectivity index (χ1n) is 13.7. The Morgan fingerprint density at radius 2 is 1.02 bits per heavy atom. The summed E-state index contributed by atoms with van der Waals surface area (Å²) in [7, 11) is 0. The lowest BCUT2D eigenvalue weighted by molar-refractivity contribution is -0.182. The second kappa shape index (κ2) is 10.1. The third-order valence-electron chi connectivity index (χ3n) is 8.15. The maximum atomic E-state index is 13.7. The lowest BCUT2D eigenvalue weighted by Crippen LogP contribution is -2.68. The van der Waals surface area contributed by atoms with Crippen LogP contribution in [0.25, 0.3) is 0 Å². The van der Waals surface area contributed by atoms with Crippen LogP contribution in [-0.2, 0) is 25.2 Å². The molecule has 4 aromatic carbocycles. The molecule has 5 heteroatoms. The van der Waals surface area contributed by atoms with E-state index < -0.39 is 35.2 Å². The van der Waals surface area contributed by atoms with Crippen LogP contribution < -0.4 is 0 Å². The quantitative estimate of drug-likeness (QED) is 0.248. The molecule has 0 spiro atoms. The molecule has 0 N–H and O–H groups in total. The summed E-state index contributed by atoms with van der Waals surface area (Å²) < 4.78 is 19.8. The first-order valence-corrected chi connectivity index (χ1v) is 13.7. The Labute approximate surface area is 234 Å². The molecule has 2 bridgehead atoms. The van der Waals surface area contributed by atoms with Gasteiger partial charge in [0.25, 0.3) is 0 Å². The van der Waals surface area contributed by atoms with E-state index >= 15 is 0 Å². The topological polar surface area (TPSA) is 61.8 Å². The zero-order valence-electron chi connectivity index (χ0n) is 22.9. The maximum absolute atomic E-state index is 13.7. The minimum absolute atomic E-state index is 0.208. The van der Waals surface area contributed by atoms with Crippen molar-refractivity contribution in [1.82, 2.24) is 0 Å². The van der Waals surface area contributed by atoms with Gasteiger partial charge in [-0.1, -0.05) is 98.8 Å². The first-order chi connectivity index (χ1) is 19.4. The lowest BCUT2D eigenvalue weighted by atomic mass is 9.51. The van der Waals surface area contributed by atoms with E-state index in [9.17, 15) is 9.59 Å². The Bertz CT molecular complexity index is 1500. The van der Waals surface area contributed by atoms with Gasteiger partial charge in [0.05, 0.1) is 23.1 Å². The third kappa shape index (κ3) is 3.96. The molecule has 3 aliphatic rings. The highest BCUT2D eigenvalue weighted by Crippen LogP contribution is 2.61. The Morgan fingerprint density at radius 1 is 0.625 bits per heavy atom. The fourth-order valence-corrected chi connectivity index (χ4v) is 6.31. The minimum atomic E-state index is -1.18. The van der Waals surface area contributed by atoms with Crippen LogP contribution in [0, 0.1) is 5.92 Å². The molecule has 0 amide bonds. The Balaban J connectivity index is 1.59.